The van der Waals surface area contributed by atoms with E-state index in [4.69, 9.17) is 10.00 Å². The summed E-state index contributed by atoms with van der Waals surface area (Å²) in [7, 11) is 0. The molecule has 0 fully saturated rings. The Morgan fingerprint density at radius 3 is 2.82 bits per heavy atom. The van der Waals surface area contributed by atoms with E-state index < -0.39 is 11.9 Å². The molecule has 0 aliphatic heterocycles. The Bertz CT molecular complexity index is 746. The Hall–Kier alpha value is -1.69. The first kappa shape index (κ1) is 16.7. The summed E-state index contributed by atoms with van der Waals surface area (Å²) in [6, 6.07) is 5.55. The largest absolute Gasteiger partial charge is 0.462 e. The lowest BCUT2D eigenvalue weighted by Crippen LogP contribution is -2.13. The number of carbonyl (C=O) groups excluding carboxylic acids is 2. The molecular formula is C14H11BrN2O3S2. The fraction of sp³-hybridized carbons (Fsp3) is 0.214. The summed E-state index contributed by atoms with van der Waals surface area (Å²) in [5, 5.41) is 13.4. The fourth-order valence-corrected chi connectivity index (χ4v) is 4.19. The van der Waals surface area contributed by atoms with Gasteiger partial charge in [0.25, 0.3) is 0 Å². The van der Waals surface area contributed by atoms with Crippen LogP contribution in [0, 0.1) is 11.3 Å². The van der Waals surface area contributed by atoms with Crippen LogP contribution in [0.25, 0.3) is 10.4 Å². The van der Waals surface area contributed by atoms with Gasteiger partial charge in [0.15, 0.2) is 0 Å². The molecule has 0 bridgehead atoms. The Morgan fingerprint density at radius 1 is 1.45 bits per heavy atom. The van der Waals surface area contributed by atoms with Crippen LogP contribution in [0.4, 0.5) is 5.00 Å². The van der Waals surface area contributed by atoms with E-state index in [2.05, 4.69) is 21.2 Å². The van der Waals surface area contributed by atoms with Gasteiger partial charge in [0.2, 0.25) is 5.91 Å². The number of thiophene rings is 2. The van der Waals surface area contributed by atoms with E-state index in [1.807, 2.05) is 12.1 Å². The van der Waals surface area contributed by atoms with Crippen molar-refractivity contribution in [3.8, 4) is 16.5 Å². The lowest BCUT2D eigenvalue weighted by atomic mass is 10.1. The van der Waals surface area contributed by atoms with E-state index in [9.17, 15) is 9.59 Å². The molecule has 2 aromatic rings. The van der Waals surface area contributed by atoms with E-state index >= 15 is 0 Å². The van der Waals surface area contributed by atoms with Gasteiger partial charge in [0.1, 0.15) is 17.0 Å². The Balaban J connectivity index is 2.42. The zero-order chi connectivity index (χ0) is 16.1. The first-order chi connectivity index (χ1) is 10.6. The number of nitriles is 1. The number of esters is 1. The predicted molar refractivity (Wildman–Crippen MR) is 90.1 cm³/mol. The Kier molecular flexibility index (Phi) is 5.71. The van der Waals surface area contributed by atoms with Crippen LogP contribution >= 0.6 is 38.6 Å². The maximum atomic E-state index is 12.2. The highest BCUT2D eigenvalue weighted by atomic mass is 79.9. The van der Waals surface area contributed by atoms with Gasteiger partial charge in [0.05, 0.1) is 16.5 Å². The van der Waals surface area contributed by atoms with Crippen molar-refractivity contribution in [2.24, 2.45) is 0 Å². The van der Waals surface area contributed by atoms with E-state index in [0.29, 0.717) is 16.1 Å². The number of amides is 1. The molecular weight excluding hydrogens is 388 g/mol. The van der Waals surface area contributed by atoms with Gasteiger partial charge in [-0.3, -0.25) is 4.79 Å². The quantitative estimate of drug-likeness (QED) is 0.762. The van der Waals surface area contributed by atoms with Crippen LogP contribution in [0.15, 0.2) is 21.3 Å². The molecule has 0 spiro atoms. The van der Waals surface area contributed by atoms with Crippen LogP contribution in [-0.2, 0) is 9.53 Å². The minimum Gasteiger partial charge on any atom is -0.462 e. The van der Waals surface area contributed by atoms with Crippen molar-refractivity contribution < 1.29 is 14.3 Å². The standard InChI is InChI=1S/C14H11BrN2O3S2/c1-2-20-14(19)12-8(9-3-4-10(15)22-9)7-21-13(12)17-11(18)5-6-16/h3-4,7H,2,5H2,1H3,(H,17,18). The minimum absolute atomic E-state index is 0.244. The van der Waals surface area contributed by atoms with Gasteiger partial charge < -0.3 is 10.1 Å². The third kappa shape index (κ3) is 3.74. The fourth-order valence-electron chi connectivity index (χ4n) is 1.74. The first-order valence-electron chi connectivity index (χ1n) is 6.28. The van der Waals surface area contributed by atoms with Crippen molar-refractivity contribution in [1.82, 2.24) is 0 Å². The SMILES string of the molecule is CCOC(=O)c1c(-c2ccc(Br)s2)csc1NC(=O)CC#N. The molecule has 0 aromatic carbocycles. The van der Waals surface area contributed by atoms with Gasteiger partial charge in [-0.2, -0.15) is 5.26 Å². The van der Waals surface area contributed by atoms with Gasteiger partial charge in [-0.25, -0.2) is 4.79 Å². The molecule has 0 radical (unpaired) electrons. The lowest BCUT2D eigenvalue weighted by Gasteiger charge is -2.06. The molecule has 5 nitrogen and oxygen atoms in total. The summed E-state index contributed by atoms with van der Waals surface area (Å²) >= 11 is 6.11. The van der Waals surface area contributed by atoms with Gasteiger partial charge in [-0.05, 0) is 35.0 Å². The molecule has 2 heterocycles. The number of ether oxygens (including phenoxy) is 1. The summed E-state index contributed by atoms with van der Waals surface area (Å²) in [6.45, 7) is 1.97. The molecule has 0 saturated heterocycles. The molecule has 0 aliphatic rings. The van der Waals surface area contributed by atoms with Crippen LogP contribution in [-0.4, -0.2) is 18.5 Å². The van der Waals surface area contributed by atoms with Gasteiger partial charge >= 0.3 is 5.97 Å². The van der Waals surface area contributed by atoms with Crippen LogP contribution < -0.4 is 5.32 Å². The average Bonchev–Trinajstić information content (AvgIpc) is 3.05. The lowest BCUT2D eigenvalue weighted by molar-refractivity contribution is -0.115. The minimum atomic E-state index is -0.490. The summed E-state index contributed by atoms with van der Waals surface area (Å²) in [4.78, 5) is 24.7. The summed E-state index contributed by atoms with van der Waals surface area (Å²) in [5.41, 5.74) is 1.04. The molecule has 0 atom stereocenters. The van der Waals surface area contributed by atoms with Crippen LogP contribution in [0.2, 0.25) is 0 Å². The third-order valence-corrected chi connectivity index (χ3v) is 5.15. The summed E-state index contributed by atoms with van der Waals surface area (Å²) in [5.74, 6) is -0.940. The van der Waals surface area contributed by atoms with Crippen molar-refractivity contribution >= 4 is 55.5 Å². The number of carbonyl (C=O) groups is 2. The summed E-state index contributed by atoms with van der Waals surface area (Å²) in [6.07, 6.45) is -0.264. The number of nitrogens with zero attached hydrogens (tertiary/aromatic N) is 1. The zero-order valence-electron chi connectivity index (χ0n) is 11.5. The number of hydrogen-bond donors (Lipinski definition) is 1. The maximum Gasteiger partial charge on any atom is 0.341 e. The molecule has 22 heavy (non-hydrogen) atoms. The molecule has 2 rings (SSSR count). The highest BCUT2D eigenvalue weighted by Crippen LogP contribution is 2.40. The molecule has 0 saturated carbocycles. The number of halogens is 1. The van der Waals surface area contributed by atoms with E-state index in [1.165, 1.54) is 22.7 Å². The van der Waals surface area contributed by atoms with Crippen LogP contribution in [0.3, 0.4) is 0 Å². The number of nitrogens with one attached hydrogen (secondary N) is 1. The average molecular weight is 399 g/mol. The molecule has 1 N–H and O–H groups in total. The Labute approximate surface area is 143 Å². The highest BCUT2D eigenvalue weighted by Gasteiger charge is 2.23. The van der Waals surface area contributed by atoms with Crippen LogP contribution in [0.1, 0.15) is 23.7 Å². The van der Waals surface area contributed by atoms with E-state index in [1.54, 1.807) is 18.4 Å². The van der Waals surface area contributed by atoms with E-state index in [0.717, 1.165) is 8.66 Å². The second-order valence-electron chi connectivity index (χ2n) is 4.06. The Morgan fingerprint density at radius 2 is 2.23 bits per heavy atom. The normalized spacial score (nSPS) is 10.0. The first-order valence-corrected chi connectivity index (χ1v) is 8.76. The van der Waals surface area contributed by atoms with Crippen molar-refractivity contribution in [3.63, 3.8) is 0 Å². The van der Waals surface area contributed by atoms with Gasteiger partial charge in [-0.1, -0.05) is 0 Å². The van der Waals surface area contributed by atoms with Crippen molar-refractivity contribution in [2.45, 2.75) is 13.3 Å². The molecule has 0 aliphatic carbocycles. The van der Waals surface area contributed by atoms with Crippen molar-refractivity contribution in [3.05, 3.63) is 26.9 Å². The molecule has 0 unspecified atom stereocenters. The zero-order valence-corrected chi connectivity index (χ0v) is 14.7. The van der Waals surface area contributed by atoms with Gasteiger partial charge in [-0.15, -0.1) is 22.7 Å². The third-order valence-electron chi connectivity index (χ3n) is 2.60. The highest BCUT2D eigenvalue weighted by molar-refractivity contribution is 9.11. The monoisotopic (exact) mass is 398 g/mol. The number of hydrogen-bond acceptors (Lipinski definition) is 6. The van der Waals surface area contributed by atoms with Gasteiger partial charge in [0, 0.05) is 15.8 Å². The van der Waals surface area contributed by atoms with Crippen LogP contribution in [0.5, 0.6) is 0 Å². The molecule has 2 aromatic heterocycles. The topological polar surface area (TPSA) is 79.2 Å². The molecule has 1 amide bonds. The van der Waals surface area contributed by atoms with E-state index in [-0.39, 0.29) is 13.0 Å². The second-order valence-corrected chi connectivity index (χ2v) is 7.40. The maximum absolute atomic E-state index is 12.2. The number of rotatable bonds is 5. The number of anilines is 1. The molecule has 114 valence electrons. The van der Waals surface area contributed by atoms with Crippen molar-refractivity contribution in [2.75, 3.05) is 11.9 Å². The van der Waals surface area contributed by atoms with Crippen molar-refractivity contribution in [1.29, 1.82) is 5.26 Å². The molecule has 8 heteroatoms. The smallest absolute Gasteiger partial charge is 0.341 e. The summed E-state index contributed by atoms with van der Waals surface area (Å²) < 4.78 is 6.02. The second kappa shape index (κ2) is 7.54. The predicted octanol–water partition coefficient (Wildman–Crippen LogP) is 4.27.